The van der Waals surface area contributed by atoms with Crippen LogP contribution in [0.25, 0.3) is 0 Å². The van der Waals surface area contributed by atoms with Crippen molar-refractivity contribution in [1.82, 2.24) is 9.47 Å². The van der Waals surface area contributed by atoms with Crippen LogP contribution in [0.1, 0.15) is 34.0 Å². The first-order valence-electron chi connectivity index (χ1n) is 9.39. The lowest BCUT2D eigenvalue weighted by molar-refractivity contribution is 0.293. The normalized spacial score (nSPS) is 16.1. The van der Waals surface area contributed by atoms with E-state index >= 15 is 0 Å². The molecule has 27 heavy (non-hydrogen) atoms. The molecule has 1 aromatic heterocycles. The standard InChI is InChI=1S/C23H25N3S/c1-16-7-10-19(11-8-16)22-21-5-4-12-25(21)13-14-26(22)23(27)24-20-15-17(2)6-9-18(20)3/h4-12,15,22H,13-14H2,1-3H3,(H,24,27)/t22-/m0/s1. The molecule has 4 heteroatoms. The Morgan fingerprint density at radius 2 is 1.70 bits per heavy atom. The quantitative estimate of drug-likeness (QED) is 0.621. The van der Waals surface area contributed by atoms with Crippen LogP contribution in [0, 0.1) is 20.8 Å². The van der Waals surface area contributed by atoms with E-state index in [0.717, 1.165) is 23.9 Å². The van der Waals surface area contributed by atoms with Crippen LogP contribution in [-0.4, -0.2) is 21.1 Å². The summed E-state index contributed by atoms with van der Waals surface area (Å²) in [6.07, 6.45) is 2.16. The first-order chi connectivity index (χ1) is 13.0. The highest BCUT2D eigenvalue weighted by atomic mass is 32.1. The van der Waals surface area contributed by atoms with E-state index in [-0.39, 0.29) is 6.04 Å². The van der Waals surface area contributed by atoms with Gasteiger partial charge in [-0.25, -0.2) is 0 Å². The summed E-state index contributed by atoms with van der Waals surface area (Å²) in [5.41, 5.74) is 7.35. The maximum atomic E-state index is 5.87. The van der Waals surface area contributed by atoms with Crippen molar-refractivity contribution < 1.29 is 0 Å². The van der Waals surface area contributed by atoms with Gasteiger partial charge in [0.1, 0.15) is 0 Å². The lowest BCUT2D eigenvalue weighted by atomic mass is 9.99. The van der Waals surface area contributed by atoms with E-state index in [9.17, 15) is 0 Å². The van der Waals surface area contributed by atoms with E-state index in [0.29, 0.717) is 0 Å². The maximum absolute atomic E-state index is 5.87. The summed E-state index contributed by atoms with van der Waals surface area (Å²) in [5, 5.41) is 4.28. The zero-order valence-electron chi connectivity index (χ0n) is 16.1. The first kappa shape index (κ1) is 17.8. The van der Waals surface area contributed by atoms with Gasteiger partial charge in [0.05, 0.1) is 6.04 Å². The van der Waals surface area contributed by atoms with Crippen LogP contribution >= 0.6 is 12.2 Å². The summed E-state index contributed by atoms with van der Waals surface area (Å²) >= 11 is 5.87. The third-order valence-corrected chi connectivity index (χ3v) is 5.66. The molecule has 0 saturated carbocycles. The van der Waals surface area contributed by atoms with E-state index in [1.54, 1.807) is 0 Å². The largest absolute Gasteiger partial charge is 0.348 e. The van der Waals surface area contributed by atoms with Gasteiger partial charge in [-0.2, -0.15) is 0 Å². The van der Waals surface area contributed by atoms with Gasteiger partial charge in [-0.3, -0.25) is 0 Å². The van der Waals surface area contributed by atoms with Crippen molar-refractivity contribution in [1.29, 1.82) is 0 Å². The van der Waals surface area contributed by atoms with Crippen molar-refractivity contribution in [3.05, 3.63) is 88.7 Å². The molecule has 1 aliphatic rings. The molecule has 0 radical (unpaired) electrons. The van der Waals surface area contributed by atoms with Crippen LogP contribution in [-0.2, 0) is 6.54 Å². The molecule has 0 fully saturated rings. The Morgan fingerprint density at radius 1 is 0.963 bits per heavy atom. The van der Waals surface area contributed by atoms with Crippen molar-refractivity contribution >= 4 is 23.0 Å². The van der Waals surface area contributed by atoms with Gasteiger partial charge in [-0.05, 0) is 67.9 Å². The van der Waals surface area contributed by atoms with Crippen LogP contribution in [0.3, 0.4) is 0 Å². The Balaban J connectivity index is 1.68. The number of nitrogens with one attached hydrogen (secondary N) is 1. The van der Waals surface area contributed by atoms with Gasteiger partial charge in [-0.1, -0.05) is 42.0 Å². The smallest absolute Gasteiger partial charge is 0.174 e. The summed E-state index contributed by atoms with van der Waals surface area (Å²) in [7, 11) is 0. The Labute approximate surface area is 166 Å². The molecule has 0 saturated heterocycles. The van der Waals surface area contributed by atoms with Gasteiger partial charge < -0.3 is 14.8 Å². The van der Waals surface area contributed by atoms with Gasteiger partial charge >= 0.3 is 0 Å². The molecule has 0 aliphatic carbocycles. The van der Waals surface area contributed by atoms with Crippen LogP contribution in [0.5, 0.6) is 0 Å². The van der Waals surface area contributed by atoms with Crippen molar-refractivity contribution in [2.45, 2.75) is 33.4 Å². The van der Waals surface area contributed by atoms with Gasteiger partial charge in [0.15, 0.2) is 5.11 Å². The SMILES string of the molecule is Cc1ccc([C@H]2c3cccn3CCN2C(=S)Nc2cc(C)ccc2C)cc1. The molecule has 2 heterocycles. The number of hydrogen-bond acceptors (Lipinski definition) is 1. The van der Waals surface area contributed by atoms with Gasteiger partial charge in [0.25, 0.3) is 0 Å². The lowest BCUT2D eigenvalue weighted by Gasteiger charge is -2.39. The minimum Gasteiger partial charge on any atom is -0.348 e. The summed E-state index contributed by atoms with van der Waals surface area (Å²) in [5.74, 6) is 0. The second-order valence-corrected chi connectivity index (χ2v) is 7.77. The molecule has 4 rings (SSSR count). The average molecular weight is 376 g/mol. The topological polar surface area (TPSA) is 20.2 Å². The minimum atomic E-state index is 0.125. The van der Waals surface area contributed by atoms with Crippen LogP contribution < -0.4 is 5.32 Å². The molecule has 1 aliphatic heterocycles. The number of rotatable bonds is 2. The summed E-state index contributed by atoms with van der Waals surface area (Å²) in [4.78, 5) is 2.32. The van der Waals surface area contributed by atoms with Crippen molar-refractivity contribution in [2.24, 2.45) is 0 Å². The molecule has 3 aromatic rings. The summed E-state index contributed by atoms with van der Waals surface area (Å²) in [6, 6.07) is 19.7. The molecule has 0 spiro atoms. The van der Waals surface area contributed by atoms with E-state index in [2.05, 4.69) is 96.3 Å². The lowest BCUT2D eigenvalue weighted by Crippen LogP contribution is -2.44. The fourth-order valence-electron chi connectivity index (χ4n) is 3.76. The number of aryl methyl sites for hydroxylation is 3. The summed E-state index contributed by atoms with van der Waals surface area (Å²) < 4.78 is 2.33. The molecule has 2 aromatic carbocycles. The molecule has 1 N–H and O–H groups in total. The molecule has 3 nitrogen and oxygen atoms in total. The van der Waals surface area contributed by atoms with Crippen molar-refractivity contribution in [3.8, 4) is 0 Å². The average Bonchev–Trinajstić information content (AvgIpc) is 3.13. The van der Waals surface area contributed by atoms with E-state index in [1.807, 2.05) is 0 Å². The van der Waals surface area contributed by atoms with Gasteiger partial charge in [0, 0.05) is 30.7 Å². The highest BCUT2D eigenvalue weighted by Crippen LogP contribution is 2.33. The molecule has 0 amide bonds. The van der Waals surface area contributed by atoms with E-state index < -0.39 is 0 Å². The fraction of sp³-hybridized carbons (Fsp3) is 0.261. The number of benzene rings is 2. The highest BCUT2D eigenvalue weighted by molar-refractivity contribution is 7.80. The predicted octanol–water partition coefficient (Wildman–Crippen LogP) is 5.22. The Kier molecular flexibility index (Phi) is 4.75. The molecule has 1 atom stereocenters. The van der Waals surface area contributed by atoms with Gasteiger partial charge in [-0.15, -0.1) is 0 Å². The third kappa shape index (κ3) is 3.50. The Bertz CT molecular complexity index is 972. The zero-order valence-corrected chi connectivity index (χ0v) is 16.9. The molecular weight excluding hydrogens is 350 g/mol. The van der Waals surface area contributed by atoms with E-state index in [1.165, 1.54) is 27.9 Å². The van der Waals surface area contributed by atoms with Crippen molar-refractivity contribution in [3.63, 3.8) is 0 Å². The second-order valence-electron chi connectivity index (χ2n) is 7.38. The van der Waals surface area contributed by atoms with Crippen molar-refractivity contribution in [2.75, 3.05) is 11.9 Å². The van der Waals surface area contributed by atoms with Crippen LogP contribution in [0.4, 0.5) is 5.69 Å². The number of anilines is 1. The maximum Gasteiger partial charge on any atom is 0.174 e. The Hall–Kier alpha value is -2.59. The highest BCUT2D eigenvalue weighted by Gasteiger charge is 2.30. The number of hydrogen-bond donors (Lipinski definition) is 1. The zero-order chi connectivity index (χ0) is 19.0. The first-order valence-corrected chi connectivity index (χ1v) is 9.80. The minimum absolute atomic E-state index is 0.125. The van der Waals surface area contributed by atoms with E-state index in [4.69, 9.17) is 12.2 Å². The summed E-state index contributed by atoms with van der Waals surface area (Å²) in [6.45, 7) is 8.17. The van der Waals surface area contributed by atoms with Crippen LogP contribution in [0.15, 0.2) is 60.8 Å². The Morgan fingerprint density at radius 3 is 2.48 bits per heavy atom. The number of nitrogens with zero attached hydrogens (tertiary/aromatic N) is 2. The molecular formula is C23H25N3S. The molecule has 0 unspecified atom stereocenters. The third-order valence-electron chi connectivity index (χ3n) is 5.33. The fourth-order valence-corrected chi connectivity index (χ4v) is 4.07. The number of thiocarbonyl (C=S) groups is 1. The van der Waals surface area contributed by atoms with Gasteiger partial charge in [0.2, 0.25) is 0 Å². The van der Waals surface area contributed by atoms with Crippen LogP contribution in [0.2, 0.25) is 0 Å². The number of aromatic nitrogens is 1. The monoisotopic (exact) mass is 375 g/mol. The molecule has 138 valence electrons. The predicted molar refractivity (Wildman–Crippen MR) is 116 cm³/mol. The molecule has 0 bridgehead atoms. The number of fused-ring (bicyclic) bond motifs is 1. The second kappa shape index (κ2) is 7.20.